The predicted molar refractivity (Wildman–Crippen MR) is 93.0 cm³/mol. The van der Waals surface area contributed by atoms with E-state index in [0.717, 1.165) is 44.6 Å². The maximum atomic E-state index is 12.5. The lowest BCUT2D eigenvalue weighted by atomic mass is 10.1. The molecular weight excluding hydrogens is 326 g/mol. The molecule has 3 rings (SSSR count). The number of hydrogen-bond donors (Lipinski definition) is 0. The molecule has 1 aliphatic heterocycles. The Hall–Kier alpha value is -1.85. The molecule has 0 aromatic carbocycles. The van der Waals surface area contributed by atoms with Crippen molar-refractivity contribution in [1.82, 2.24) is 14.8 Å². The van der Waals surface area contributed by atoms with Gasteiger partial charge in [-0.15, -0.1) is 0 Å². The zero-order valence-electron chi connectivity index (χ0n) is 13.8. The zero-order chi connectivity index (χ0) is 16.9. The van der Waals surface area contributed by atoms with E-state index in [1.54, 1.807) is 12.1 Å². The van der Waals surface area contributed by atoms with Crippen LogP contribution in [0.5, 0.6) is 0 Å². The Labute approximate surface area is 147 Å². The lowest BCUT2D eigenvalue weighted by Gasteiger charge is -2.26. The number of nitrogens with zero attached hydrogens (tertiary/aromatic N) is 3. The Balaban J connectivity index is 1.57. The monoisotopic (exact) mass is 347 g/mol. The van der Waals surface area contributed by atoms with Crippen LogP contribution >= 0.6 is 11.6 Å². The quantitative estimate of drug-likeness (QED) is 0.850. The molecule has 1 saturated heterocycles. The minimum absolute atomic E-state index is 0.0741. The summed E-state index contributed by atoms with van der Waals surface area (Å²) < 4.78 is 5.25. The van der Waals surface area contributed by atoms with Crippen molar-refractivity contribution in [2.75, 3.05) is 20.1 Å². The Morgan fingerprint density at radius 1 is 1.33 bits per heavy atom. The summed E-state index contributed by atoms with van der Waals surface area (Å²) in [6.07, 6.45) is 4.83. The molecule has 5 nitrogen and oxygen atoms in total. The fraction of sp³-hybridized carbons (Fsp3) is 0.444. The molecule has 128 valence electrons. The fourth-order valence-electron chi connectivity index (χ4n) is 3.18. The van der Waals surface area contributed by atoms with Gasteiger partial charge < -0.3 is 9.32 Å². The maximum absolute atomic E-state index is 12.5. The molecule has 1 atom stereocenters. The molecule has 6 heteroatoms. The highest BCUT2D eigenvalue weighted by atomic mass is 35.5. The van der Waals surface area contributed by atoms with Crippen molar-refractivity contribution < 1.29 is 9.21 Å². The third kappa shape index (κ3) is 4.16. The van der Waals surface area contributed by atoms with Crippen LogP contribution in [0.25, 0.3) is 0 Å². The molecule has 0 N–H and O–H groups in total. The van der Waals surface area contributed by atoms with Gasteiger partial charge in [0, 0.05) is 31.9 Å². The van der Waals surface area contributed by atoms with Crippen molar-refractivity contribution in [3.8, 4) is 0 Å². The third-order valence-electron chi connectivity index (χ3n) is 4.53. The van der Waals surface area contributed by atoms with Gasteiger partial charge in [-0.2, -0.15) is 0 Å². The number of halogens is 1. The van der Waals surface area contributed by atoms with Gasteiger partial charge in [-0.1, -0.05) is 6.07 Å². The minimum atomic E-state index is -0.0741. The number of rotatable bonds is 4. The van der Waals surface area contributed by atoms with E-state index in [-0.39, 0.29) is 11.1 Å². The number of carbonyl (C=O) groups is 1. The first-order chi connectivity index (χ1) is 11.6. The second-order valence-electron chi connectivity index (χ2n) is 6.22. The van der Waals surface area contributed by atoms with Gasteiger partial charge in [-0.3, -0.25) is 14.7 Å². The zero-order valence-corrected chi connectivity index (χ0v) is 14.6. The SMILES string of the molecule is CN(Cc1ccccn1)[C@@H]1CCCN(C(=O)c2ccc(Cl)o2)CC1. The fourth-order valence-corrected chi connectivity index (χ4v) is 3.33. The smallest absolute Gasteiger partial charge is 0.289 e. The molecule has 0 saturated carbocycles. The van der Waals surface area contributed by atoms with E-state index in [4.69, 9.17) is 16.0 Å². The molecule has 0 spiro atoms. The molecule has 0 aliphatic carbocycles. The molecular formula is C18H22ClN3O2. The number of hydrogen-bond acceptors (Lipinski definition) is 4. The molecule has 2 aromatic rings. The second-order valence-corrected chi connectivity index (χ2v) is 6.59. The number of aromatic nitrogens is 1. The summed E-state index contributed by atoms with van der Waals surface area (Å²) in [6, 6.07) is 9.68. The lowest BCUT2D eigenvalue weighted by molar-refractivity contribution is 0.0725. The average molecular weight is 348 g/mol. The molecule has 0 unspecified atom stereocenters. The van der Waals surface area contributed by atoms with Crippen LogP contribution in [0, 0.1) is 0 Å². The van der Waals surface area contributed by atoms with Crippen molar-refractivity contribution in [2.45, 2.75) is 31.8 Å². The number of pyridine rings is 1. The Morgan fingerprint density at radius 3 is 2.92 bits per heavy atom. The summed E-state index contributed by atoms with van der Waals surface area (Å²) in [5.41, 5.74) is 1.07. The van der Waals surface area contributed by atoms with Crippen LogP contribution in [-0.2, 0) is 6.54 Å². The van der Waals surface area contributed by atoms with Gasteiger partial charge in [-0.05, 0) is 62.2 Å². The molecule has 1 fully saturated rings. The van der Waals surface area contributed by atoms with Crippen LogP contribution in [0.3, 0.4) is 0 Å². The van der Waals surface area contributed by atoms with Gasteiger partial charge in [-0.25, -0.2) is 0 Å². The first-order valence-corrected chi connectivity index (χ1v) is 8.66. The molecule has 1 aliphatic rings. The molecule has 0 radical (unpaired) electrons. The molecule has 2 aromatic heterocycles. The van der Waals surface area contributed by atoms with Crippen LogP contribution in [0.2, 0.25) is 5.22 Å². The van der Waals surface area contributed by atoms with Gasteiger partial charge in [0.1, 0.15) is 0 Å². The highest BCUT2D eigenvalue weighted by Gasteiger charge is 2.25. The van der Waals surface area contributed by atoms with E-state index in [1.165, 1.54) is 0 Å². The Kier molecular flexibility index (Phi) is 5.53. The van der Waals surface area contributed by atoms with Crippen LogP contribution in [0.15, 0.2) is 40.9 Å². The lowest BCUT2D eigenvalue weighted by Crippen LogP contribution is -2.34. The van der Waals surface area contributed by atoms with Gasteiger partial charge in [0.05, 0.1) is 5.69 Å². The van der Waals surface area contributed by atoms with E-state index < -0.39 is 0 Å². The third-order valence-corrected chi connectivity index (χ3v) is 4.73. The average Bonchev–Trinajstić information content (AvgIpc) is 2.87. The summed E-state index contributed by atoms with van der Waals surface area (Å²) in [6.45, 7) is 2.31. The predicted octanol–water partition coefficient (Wildman–Crippen LogP) is 3.45. The van der Waals surface area contributed by atoms with Gasteiger partial charge >= 0.3 is 0 Å². The number of likely N-dealkylation sites (tertiary alicyclic amines) is 1. The van der Waals surface area contributed by atoms with Crippen LogP contribution < -0.4 is 0 Å². The number of furan rings is 1. The molecule has 1 amide bonds. The van der Waals surface area contributed by atoms with Crippen LogP contribution in [-0.4, -0.2) is 46.9 Å². The highest BCUT2D eigenvalue weighted by molar-refractivity contribution is 6.29. The van der Waals surface area contributed by atoms with Crippen molar-refractivity contribution in [3.63, 3.8) is 0 Å². The topological polar surface area (TPSA) is 49.6 Å². The second kappa shape index (κ2) is 7.81. The van der Waals surface area contributed by atoms with E-state index in [0.29, 0.717) is 11.8 Å². The normalized spacial score (nSPS) is 18.6. The van der Waals surface area contributed by atoms with Crippen LogP contribution in [0.4, 0.5) is 0 Å². The minimum Gasteiger partial charge on any atom is -0.440 e. The maximum Gasteiger partial charge on any atom is 0.289 e. The standard InChI is InChI=1S/C18H22ClN3O2/c1-21(13-14-5-2-3-10-20-14)15-6-4-11-22(12-9-15)18(23)16-7-8-17(19)24-16/h2-3,5,7-8,10,15H,4,6,9,11-13H2,1H3/t15-/m1/s1. The van der Waals surface area contributed by atoms with Gasteiger partial charge in [0.2, 0.25) is 0 Å². The van der Waals surface area contributed by atoms with E-state index >= 15 is 0 Å². The Bertz CT molecular complexity index is 674. The van der Waals surface area contributed by atoms with Crippen molar-refractivity contribution >= 4 is 17.5 Å². The number of carbonyl (C=O) groups excluding carboxylic acids is 1. The number of amides is 1. The first-order valence-electron chi connectivity index (χ1n) is 8.28. The van der Waals surface area contributed by atoms with Crippen molar-refractivity contribution in [2.24, 2.45) is 0 Å². The van der Waals surface area contributed by atoms with Crippen LogP contribution in [0.1, 0.15) is 35.5 Å². The summed E-state index contributed by atoms with van der Waals surface area (Å²) in [4.78, 5) is 21.1. The largest absolute Gasteiger partial charge is 0.440 e. The molecule has 24 heavy (non-hydrogen) atoms. The molecule has 0 bridgehead atoms. The van der Waals surface area contributed by atoms with Crippen molar-refractivity contribution in [1.29, 1.82) is 0 Å². The van der Waals surface area contributed by atoms with Gasteiger partial charge in [0.25, 0.3) is 5.91 Å². The van der Waals surface area contributed by atoms with E-state index in [9.17, 15) is 4.79 Å². The van der Waals surface area contributed by atoms with Gasteiger partial charge in [0.15, 0.2) is 11.0 Å². The molecule has 3 heterocycles. The first kappa shape index (κ1) is 17.0. The Morgan fingerprint density at radius 2 is 2.21 bits per heavy atom. The van der Waals surface area contributed by atoms with E-state index in [2.05, 4.69) is 16.9 Å². The summed E-state index contributed by atoms with van der Waals surface area (Å²) >= 11 is 5.77. The van der Waals surface area contributed by atoms with Crippen molar-refractivity contribution in [3.05, 3.63) is 53.2 Å². The summed E-state index contributed by atoms with van der Waals surface area (Å²) in [5, 5.41) is 0.251. The van der Waals surface area contributed by atoms with E-state index in [1.807, 2.05) is 29.3 Å². The summed E-state index contributed by atoms with van der Waals surface area (Å²) in [7, 11) is 2.13. The highest BCUT2D eigenvalue weighted by Crippen LogP contribution is 2.20. The summed E-state index contributed by atoms with van der Waals surface area (Å²) in [5.74, 6) is 0.246.